The molecule has 9 heteroatoms. The van der Waals surface area contributed by atoms with E-state index in [-0.39, 0.29) is 19.1 Å². The van der Waals surface area contributed by atoms with Crippen molar-refractivity contribution < 1.29 is 32.9 Å². The number of aliphatic hydroxyl groups is 1. The van der Waals surface area contributed by atoms with Crippen LogP contribution in [0.2, 0.25) is 0 Å². The van der Waals surface area contributed by atoms with Gasteiger partial charge in [0, 0.05) is 6.42 Å². The summed E-state index contributed by atoms with van der Waals surface area (Å²) >= 11 is 0. The van der Waals surface area contributed by atoms with Crippen LogP contribution >= 0.6 is 7.82 Å². The van der Waals surface area contributed by atoms with Crippen LogP contribution in [0.5, 0.6) is 0 Å². The molecular formula is C71H134N2O6P+. The second-order valence-electron chi connectivity index (χ2n) is 24.5. The molecule has 0 aliphatic rings. The number of carbonyl (C=O) groups is 1. The monoisotopic (exact) mass is 1140 g/mol. The average Bonchev–Trinajstić information content (AvgIpc) is 3.42. The third-order valence-electron chi connectivity index (χ3n) is 15.5. The molecule has 0 bridgehead atoms. The third kappa shape index (κ3) is 63.5. The molecule has 0 aromatic rings. The number of phosphoric ester groups is 1. The fourth-order valence-corrected chi connectivity index (χ4v) is 10.9. The maximum absolute atomic E-state index is 13.1. The van der Waals surface area contributed by atoms with Crippen LogP contribution in [0.25, 0.3) is 0 Å². The second-order valence-corrected chi connectivity index (χ2v) is 26.0. The summed E-state index contributed by atoms with van der Waals surface area (Å²) in [7, 11) is 1.61. The quantitative estimate of drug-likeness (QED) is 0.0243. The number of carbonyl (C=O) groups excluding carboxylic acids is 1. The van der Waals surface area contributed by atoms with Crippen LogP contribution in [0, 0.1) is 0 Å². The topological polar surface area (TPSA) is 105 Å². The van der Waals surface area contributed by atoms with E-state index in [4.69, 9.17) is 9.05 Å². The van der Waals surface area contributed by atoms with Gasteiger partial charge in [0.25, 0.3) is 0 Å². The van der Waals surface area contributed by atoms with E-state index < -0.39 is 20.0 Å². The third-order valence-corrected chi connectivity index (χ3v) is 16.5. The molecule has 1 amide bonds. The molecule has 3 atom stereocenters. The Labute approximate surface area is 497 Å². The summed E-state index contributed by atoms with van der Waals surface area (Å²) in [6.45, 7) is 4.80. The largest absolute Gasteiger partial charge is 0.472 e. The van der Waals surface area contributed by atoms with Crippen LogP contribution in [-0.2, 0) is 18.4 Å². The van der Waals surface area contributed by atoms with E-state index in [0.29, 0.717) is 23.9 Å². The van der Waals surface area contributed by atoms with E-state index in [0.717, 1.165) is 83.5 Å². The maximum atomic E-state index is 13.1. The molecule has 3 unspecified atom stereocenters. The van der Waals surface area contributed by atoms with Crippen molar-refractivity contribution in [3.8, 4) is 0 Å². The summed E-state index contributed by atoms with van der Waals surface area (Å²) in [6.07, 6.45) is 85.7. The van der Waals surface area contributed by atoms with Gasteiger partial charge in [-0.3, -0.25) is 13.8 Å². The lowest BCUT2D eigenvalue weighted by Crippen LogP contribution is -2.46. The predicted molar refractivity (Wildman–Crippen MR) is 350 cm³/mol. The zero-order valence-corrected chi connectivity index (χ0v) is 54.5. The van der Waals surface area contributed by atoms with Crippen molar-refractivity contribution >= 4 is 13.7 Å². The van der Waals surface area contributed by atoms with Gasteiger partial charge in [-0.25, -0.2) is 4.57 Å². The minimum atomic E-state index is -4.34. The molecule has 0 fully saturated rings. The average molecular weight is 1140 g/mol. The number of nitrogens with one attached hydrogen (secondary N) is 1. The summed E-state index contributed by atoms with van der Waals surface area (Å²) in [4.78, 5) is 23.4. The molecule has 0 spiro atoms. The maximum Gasteiger partial charge on any atom is 0.472 e. The molecule has 0 radical (unpaired) electrons. The van der Waals surface area contributed by atoms with Crippen LogP contribution in [0.1, 0.15) is 322 Å². The molecule has 0 aromatic carbocycles. The first kappa shape index (κ1) is 77.9. The van der Waals surface area contributed by atoms with Gasteiger partial charge in [0.05, 0.1) is 39.9 Å². The van der Waals surface area contributed by atoms with Crippen LogP contribution < -0.4 is 5.32 Å². The molecule has 0 rings (SSSR count). The minimum Gasteiger partial charge on any atom is -0.391 e. The number of aliphatic hydroxyl groups excluding tert-OH is 1. The fraction of sp³-hybridized carbons (Fsp3) is 0.817. The summed E-state index contributed by atoms with van der Waals surface area (Å²) < 4.78 is 23.9. The van der Waals surface area contributed by atoms with Crippen molar-refractivity contribution in [1.29, 1.82) is 0 Å². The summed E-state index contributed by atoms with van der Waals surface area (Å²) in [5.74, 6) is -0.151. The Bertz CT molecular complexity index is 1530. The van der Waals surface area contributed by atoms with E-state index in [2.05, 4.69) is 92.1 Å². The van der Waals surface area contributed by atoms with Crippen molar-refractivity contribution in [2.24, 2.45) is 0 Å². The van der Waals surface area contributed by atoms with Gasteiger partial charge in [-0.1, -0.05) is 324 Å². The van der Waals surface area contributed by atoms with Crippen molar-refractivity contribution in [2.75, 3.05) is 40.9 Å². The van der Waals surface area contributed by atoms with Crippen LogP contribution in [-0.4, -0.2) is 73.4 Å². The number of nitrogens with zero attached hydrogens (tertiary/aromatic N) is 1. The number of hydrogen-bond donors (Lipinski definition) is 3. The SMILES string of the molecule is CC/C=C\C/C=C\C/C=C\C/C=C\C/C=C\C/C=C\CCCCCCCCCCC(=O)NC(COP(=O)(O)OCC[N+](C)(C)C)C(O)CCCCCCCCCCCCCCCCCCCCCCCCCCCCCCCCC. The normalized spacial score (nSPS) is 14.1. The number of amides is 1. The molecule has 0 aliphatic carbocycles. The molecule has 468 valence electrons. The van der Waals surface area contributed by atoms with E-state index in [1.807, 2.05) is 21.1 Å². The van der Waals surface area contributed by atoms with E-state index in [9.17, 15) is 19.4 Å². The lowest BCUT2D eigenvalue weighted by molar-refractivity contribution is -0.870. The van der Waals surface area contributed by atoms with Gasteiger partial charge >= 0.3 is 7.82 Å². The van der Waals surface area contributed by atoms with Crippen LogP contribution in [0.15, 0.2) is 72.9 Å². The Morgan fingerprint density at radius 1 is 0.438 bits per heavy atom. The van der Waals surface area contributed by atoms with Crippen molar-refractivity contribution in [1.82, 2.24) is 5.32 Å². The van der Waals surface area contributed by atoms with Crippen LogP contribution in [0.3, 0.4) is 0 Å². The lowest BCUT2D eigenvalue weighted by atomic mass is 10.0. The minimum absolute atomic E-state index is 0.0703. The van der Waals surface area contributed by atoms with Gasteiger partial charge < -0.3 is 19.8 Å². The number of hydrogen-bond acceptors (Lipinski definition) is 5. The van der Waals surface area contributed by atoms with Gasteiger partial charge in [-0.05, 0) is 64.2 Å². The number of rotatable bonds is 63. The van der Waals surface area contributed by atoms with Gasteiger partial charge in [0.2, 0.25) is 5.91 Å². The second kappa shape index (κ2) is 61.5. The Kier molecular flexibility index (Phi) is 59.9. The van der Waals surface area contributed by atoms with Gasteiger partial charge in [-0.2, -0.15) is 0 Å². The molecule has 0 saturated carbocycles. The number of allylic oxidation sites excluding steroid dienone is 12. The highest BCUT2D eigenvalue weighted by molar-refractivity contribution is 7.47. The molecule has 3 N–H and O–H groups in total. The standard InChI is InChI=1S/C71H133N2O6P/c1-6-8-10-12-14-16-18-20-22-24-26-28-30-32-34-35-36-37-39-40-42-44-46-48-50-52-54-56-58-60-62-64-70(74)69(68-79-80(76,77)78-67-66-73(3,4)5)72-71(75)65-63-61-59-57-55-53-51-49-47-45-43-41-38-33-31-29-27-25-23-21-19-17-15-13-11-9-7-2/h9,11,15,17,21,23,27,29,33,38,43,45,69-70,74H,6-8,10,12-14,16,18-20,22,24-26,28,30-32,34-37,39-42,44,46-68H2,1-5H3,(H-,72,75,76,77)/p+1/b11-9-,17-15-,23-21-,29-27-,38-33-,45-43-. The van der Waals surface area contributed by atoms with Crippen molar-refractivity contribution in [3.05, 3.63) is 72.9 Å². The zero-order valence-electron chi connectivity index (χ0n) is 53.6. The zero-order chi connectivity index (χ0) is 58.4. The molecule has 8 nitrogen and oxygen atoms in total. The summed E-state index contributed by atoms with van der Waals surface area (Å²) in [6, 6.07) is -0.772. The number of unbranched alkanes of at least 4 members (excludes halogenated alkanes) is 38. The number of phosphoric acid groups is 1. The van der Waals surface area contributed by atoms with Crippen molar-refractivity contribution in [3.63, 3.8) is 0 Å². The molecule has 0 aromatic heterocycles. The predicted octanol–water partition coefficient (Wildman–Crippen LogP) is 21.8. The van der Waals surface area contributed by atoms with Gasteiger partial charge in [0.1, 0.15) is 13.2 Å². The smallest absolute Gasteiger partial charge is 0.391 e. The Morgan fingerprint density at radius 3 is 1.10 bits per heavy atom. The number of quaternary nitrogens is 1. The highest BCUT2D eigenvalue weighted by Crippen LogP contribution is 2.43. The molecule has 0 saturated heterocycles. The fourth-order valence-electron chi connectivity index (χ4n) is 10.2. The molecule has 80 heavy (non-hydrogen) atoms. The first-order chi connectivity index (χ1) is 39.0. The van der Waals surface area contributed by atoms with Gasteiger partial charge in [0.15, 0.2) is 0 Å². The summed E-state index contributed by atoms with van der Waals surface area (Å²) in [5.41, 5.74) is 0. The van der Waals surface area contributed by atoms with E-state index in [1.54, 1.807) is 0 Å². The molecule has 0 heterocycles. The Morgan fingerprint density at radius 2 is 0.750 bits per heavy atom. The van der Waals surface area contributed by atoms with E-state index >= 15 is 0 Å². The van der Waals surface area contributed by atoms with Gasteiger partial charge in [-0.15, -0.1) is 0 Å². The molecular weight excluding hydrogens is 1010 g/mol. The van der Waals surface area contributed by atoms with Crippen molar-refractivity contribution in [2.45, 2.75) is 334 Å². The highest BCUT2D eigenvalue weighted by atomic mass is 31.2. The summed E-state index contributed by atoms with van der Waals surface area (Å²) in [5, 5.41) is 14.1. The first-order valence-electron chi connectivity index (χ1n) is 34.3. The Balaban J connectivity index is 4.08. The number of likely N-dealkylation sites (N-methyl/N-ethyl adjacent to an activating group) is 1. The van der Waals surface area contributed by atoms with E-state index in [1.165, 1.54) is 212 Å². The van der Waals surface area contributed by atoms with Crippen LogP contribution in [0.4, 0.5) is 0 Å². The molecule has 0 aliphatic heterocycles. The lowest BCUT2D eigenvalue weighted by Gasteiger charge is -2.26. The highest BCUT2D eigenvalue weighted by Gasteiger charge is 2.28. The first-order valence-corrected chi connectivity index (χ1v) is 35.8. The Hall–Kier alpha value is -2.06.